The summed E-state index contributed by atoms with van der Waals surface area (Å²) in [6, 6.07) is 6.69. The third-order valence-corrected chi connectivity index (χ3v) is 4.06. The van der Waals surface area contributed by atoms with Gasteiger partial charge in [0.15, 0.2) is 0 Å². The minimum Gasteiger partial charge on any atom is -0.497 e. The van der Waals surface area contributed by atoms with E-state index in [0.29, 0.717) is 4.32 Å². The number of aliphatic carboxylic acids is 1. The molecule has 17 heavy (non-hydrogen) atoms. The molecule has 2 unspecified atom stereocenters. The molecule has 1 saturated heterocycles. The zero-order valence-electron chi connectivity index (χ0n) is 9.04. The van der Waals surface area contributed by atoms with Crippen molar-refractivity contribution in [3.05, 3.63) is 29.8 Å². The van der Waals surface area contributed by atoms with Crippen LogP contribution in [0.1, 0.15) is 10.8 Å². The number of carboxylic acids is 1. The lowest BCUT2D eigenvalue weighted by atomic mass is 10.1. The van der Waals surface area contributed by atoms with Crippen LogP contribution in [0.5, 0.6) is 5.75 Å². The predicted octanol–water partition coefficient (Wildman–Crippen LogP) is 1.81. The normalized spacial score (nSPS) is 23.2. The van der Waals surface area contributed by atoms with Crippen LogP contribution in [0.3, 0.4) is 0 Å². The third kappa shape index (κ3) is 2.53. The van der Waals surface area contributed by atoms with E-state index < -0.39 is 12.0 Å². The first-order valence-corrected chi connectivity index (χ1v) is 6.24. The van der Waals surface area contributed by atoms with Crippen LogP contribution < -0.4 is 10.1 Å². The molecule has 2 rings (SSSR count). The first-order valence-electron chi connectivity index (χ1n) is 4.95. The van der Waals surface area contributed by atoms with Gasteiger partial charge < -0.3 is 15.2 Å². The summed E-state index contributed by atoms with van der Waals surface area (Å²) in [7, 11) is 1.59. The van der Waals surface area contributed by atoms with Gasteiger partial charge in [-0.05, 0) is 17.7 Å². The predicted molar refractivity (Wildman–Crippen MR) is 70.5 cm³/mol. The van der Waals surface area contributed by atoms with Gasteiger partial charge >= 0.3 is 5.97 Å². The molecule has 90 valence electrons. The molecule has 0 spiro atoms. The Bertz CT molecular complexity index is 447. The van der Waals surface area contributed by atoms with Gasteiger partial charge in [-0.1, -0.05) is 36.1 Å². The molecule has 0 amide bonds. The van der Waals surface area contributed by atoms with E-state index in [9.17, 15) is 4.79 Å². The largest absolute Gasteiger partial charge is 0.497 e. The quantitative estimate of drug-likeness (QED) is 0.816. The molecule has 4 nitrogen and oxygen atoms in total. The number of thiocarbonyl (C=S) groups is 1. The number of carboxylic acid groups (broad SMARTS) is 1. The van der Waals surface area contributed by atoms with E-state index in [1.54, 1.807) is 7.11 Å². The molecule has 6 heteroatoms. The lowest BCUT2D eigenvalue weighted by molar-refractivity contribution is -0.138. The van der Waals surface area contributed by atoms with Gasteiger partial charge in [-0.3, -0.25) is 0 Å². The maximum absolute atomic E-state index is 11.1. The molecule has 0 bridgehead atoms. The maximum Gasteiger partial charge on any atom is 0.327 e. The number of methoxy groups -OCH3 is 1. The summed E-state index contributed by atoms with van der Waals surface area (Å²) in [5.41, 5.74) is 0.926. The van der Waals surface area contributed by atoms with Crippen molar-refractivity contribution in [1.29, 1.82) is 0 Å². The number of nitrogens with one attached hydrogen (secondary N) is 1. The Morgan fingerprint density at radius 2 is 2.12 bits per heavy atom. The minimum absolute atomic E-state index is 0.189. The number of hydrogen-bond acceptors (Lipinski definition) is 4. The van der Waals surface area contributed by atoms with Crippen molar-refractivity contribution in [1.82, 2.24) is 5.32 Å². The van der Waals surface area contributed by atoms with E-state index in [-0.39, 0.29) is 5.25 Å². The average molecular weight is 269 g/mol. The van der Waals surface area contributed by atoms with Crippen LogP contribution in [0, 0.1) is 0 Å². The van der Waals surface area contributed by atoms with Crippen molar-refractivity contribution < 1.29 is 14.6 Å². The fourth-order valence-corrected chi connectivity index (χ4v) is 3.14. The Morgan fingerprint density at radius 1 is 1.47 bits per heavy atom. The lowest BCUT2D eigenvalue weighted by Gasteiger charge is -2.14. The second kappa shape index (κ2) is 4.93. The molecule has 0 aromatic heterocycles. The summed E-state index contributed by atoms with van der Waals surface area (Å²) in [6.45, 7) is 0. The third-order valence-electron chi connectivity index (χ3n) is 2.52. The molecule has 1 aromatic rings. The number of hydrogen-bond donors (Lipinski definition) is 2. The van der Waals surface area contributed by atoms with Crippen molar-refractivity contribution in [2.45, 2.75) is 11.3 Å². The van der Waals surface area contributed by atoms with Crippen LogP contribution in [0.15, 0.2) is 24.3 Å². The maximum atomic E-state index is 11.1. The molecular weight excluding hydrogens is 258 g/mol. The van der Waals surface area contributed by atoms with Gasteiger partial charge in [0.1, 0.15) is 16.1 Å². The van der Waals surface area contributed by atoms with Gasteiger partial charge in [0.05, 0.1) is 12.4 Å². The molecule has 0 saturated carbocycles. The Kier molecular flexibility index (Phi) is 3.54. The van der Waals surface area contributed by atoms with Crippen molar-refractivity contribution in [3.8, 4) is 5.75 Å². The van der Waals surface area contributed by atoms with Crippen LogP contribution in [0.25, 0.3) is 0 Å². The lowest BCUT2D eigenvalue weighted by Crippen LogP contribution is -2.35. The van der Waals surface area contributed by atoms with Crippen LogP contribution in [0.2, 0.25) is 0 Å². The summed E-state index contributed by atoms with van der Waals surface area (Å²) in [6.07, 6.45) is 0. The van der Waals surface area contributed by atoms with Gasteiger partial charge in [-0.15, -0.1) is 0 Å². The van der Waals surface area contributed by atoms with Crippen LogP contribution >= 0.6 is 24.0 Å². The van der Waals surface area contributed by atoms with Gasteiger partial charge in [0.25, 0.3) is 0 Å². The highest BCUT2D eigenvalue weighted by Crippen LogP contribution is 2.38. The number of rotatable bonds is 3. The molecule has 1 aliphatic rings. The van der Waals surface area contributed by atoms with E-state index in [2.05, 4.69) is 5.32 Å². The van der Waals surface area contributed by atoms with Gasteiger partial charge in [-0.25, -0.2) is 4.79 Å². The van der Waals surface area contributed by atoms with E-state index in [4.69, 9.17) is 22.1 Å². The van der Waals surface area contributed by atoms with Crippen LogP contribution in [-0.2, 0) is 4.79 Å². The molecule has 0 aliphatic carbocycles. The monoisotopic (exact) mass is 269 g/mol. The summed E-state index contributed by atoms with van der Waals surface area (Å²) < 4.78 is 5.59. The Hall–Kier alpha value is -1.27. The highest BCUT2D eigenvalue weighted by Gasteiger charge is 2.37. The van der Waals surface area contributed by atoms with E-state index in [0.717, 1.165) is 11.3 Å². The summed E-state index contributed by atoms with van der Waals surface area (Å²) in [5.74, 6) is -0.141. The molecule has 1 aliphatic heterocycles. The Labute approximate surface area is 108 Å². The highest BCUT2D eigenvalue weighted by atomic mass is 32.2. The first kappa shape index (κ1) is 12.2. The van der Waals surface area contributed by atoms with E-state index >= 15 is 0 Å². The Balaban J connectivity index is 2.25. The number of benzene rings is 1. The van der Waals surface area contributed by atoms with E-state index in [1.165, 1.54) is 11.8 Å². The van der Waals surface area contributed by atoms with Crippen molar-refractivity contribution in [3.63, 3.8) is 0 Å². The fourth-order valence-electron chi connectivity index (χ4n) is 1.67. The number of carbonyl (C=O) groups is 1. The highest BCUT2D eigenvalue weighted by molar-refractivity contribution is 8.23. The van der Waals surface area contributed by atoms with Gasteiger partial charge in [-0.2, -0.15) is 0 Å². The summed E-state index contributed by atoms with van der Waals surface area (Å²) >= 11 is 6.37. The topological polar surface area (TPSA) is 58.6 Å². The van der Waals surface area contributed by atoms with Gasteiger partial charge in [0.2, 0.25) is 0 Å². The van der Waals surface area contributed by atoms with Crippen LogP contribution in [-0.4, -0.2) is 28.5 Å². The first-order chi connectivity index (χ1) is 8.11. The zero-order valence-corrected chi connectivity index (χ0v) is 10.7. The smallest absolute Gasteiger partial charge is 0.327 e. The molecule has 0 radical (unpaired) electrons. The second-order valence-corrected chi connectivity index (χ2v) is 5.38. The molecular formula is C11H11NO3S2. The molecule has 2 atom stereocenters. The van der Waals surface area contributed by atoms with Crippen molar-refractivity contribution in [2.24, 2.45) is 0 Å². The average Bonchev–Trinajstić information content (AvgIpc) is 2.72. The SMILES string of the molecule is COc1ccc(C2SC(=S)NC2C(=O)O)cc1. The molecule has 1 fully saturated rings. The fraction of sp³-hybridized carbons (Fsp3) is 0.273. The molecule has 2 N–H and O–H groups in total. The number of thioether (sulfide) groups is 1. The van der Waals surface area contributed by atoms with Crippen molar-refractivity contribution >= 4 is 34.3 Å². The zero-order chi connectivity index (χ0) is 12.4. The standard InChI is InChI=1S/C11H11NO3S2/c1-15-7-4-2-6(3-5-7)9-8(10(13)14)12-11(16)17-9/h2-5,8-9H,1H3,(H,12,16)(H,13,14). The Morgan fingerprint density at radius 3 is 2.65 bits per heavy atom. The van der Waals surface area contributed by atoms with Gasteiger partial charge in [0, 0.05) is 0 Å². The summed E-state index contributed by atoms with van der Waals surface area (Å²) in [5, 5.41) is 11.7. The van der Waals surface area contributed by atoms with E-state index in [1.807, 2.05) is 24.3 Å². The van der Waals surface area contributed by atoms with Crippen LogP contribution in [0.4, 0.5) is 0 Å². The minimum atomic E-state index is -0.891. The number of ether oxygens (including phenoxy) is 1. The second-order valence-electron chi connectivity index (χ2n) is 3.56. The summed E-state index contributed by atoms with van der Waals surface area (Å²) in [4.78, 5) is 11.1. The molecule has 1 aromatic carbocycles. The van der Waals surface area contributed by atoms with Crippen molar-refractivity contribution in [2.75, 3.05) is 7.11 Å². The molecule has 1 heterocycles.